The largest absolute Gasteiger partial charge is 0.493 e. The zero-order chi connectivity index (χ0) is 14.3. The molecule has 0 aromatic heterocycles. The second-order valence-corrected chi connectivity index (χ2v) is 4.05. The number of carboxylic acid groups (broad SMARTS) is 1. The van der Waals surface area contributed by atoms with Crippen LogP contribution >= 0.6 is 0 Å². The van der Waals surface area contributed by atoms with Gasteiger partial charge in [-0.1, -0.05) is 13.0 Å². The van der Waals surface area contributed by atoms with Gasteiger partial charge >= 0.3 is 5.97 Å². The Labute approximate surface area is 113 Å². The molecule has 1 atom stereocenters. The minimum absolute atomic E-state index is 0.419. The summed E-state index contributed by atoms with van der Waals surface area (Å²) >= 11 is 0. The lowest BCUT2D eigenvalue weighted by Crippen LogP contribution is -2.11. The molecule has 0 amide bonds. The van der Waals surface area contributed by atoms with Gasteiger partial charge in [-0.25, -0.2) is 0 Å². The molecule has 5 nitrogen and oxygen atoms in total. The molecular weight excluding hydrogens is 248 g/mol. The van der Waals surface area contributed by atoms with Crippen molar-refractivity contribution in [3.05, 3.63) is 23.8 Å². The van der Waals surface area contributed by atoms with Crippen LogP contribution in [0.25, 0.3) is 0 Å². The number of ether oxygens (including phenoxy) is 3. The molecule has 1 aromatic carbocycles. The van der Waals surface area contributed by atoms with E-state index in [1.165, 1.54) is 7.11 Å². The molecule has 106 valence electrons. The molecule has 1 rings (SSSR count). The van der Waals surface area contributed by atoms with Gasteiger partial charge in [-0.05, 0) is 24.1 Å². The van der Waals surface area contributed by atoms with Gasteiger partial charge in [-0.2, -0.15) is 0 Å². The van der Waals surface area contributed by atoms with E-state index in [1.807, 2.05) is 6.92 Å². The van der Waals surface area contributed by atoms with Crippen LogP contribution in [0.4, 0.5) is 0 Å². The molecule has 0 saturated carbocycles. The van der Waals surface area contributed by atoms with Crippen LogP contribution in [-0.4, -0.2) is 38.5 Å². The number of aliphatic carboxylic acids is 1. The summed E-state index contributed by atoms with van der Waals surface area (Å²) in [4.78, 5) is 11.1. The highest BCUT2D eigenvalue weighted by molar-refractivity contribution is 5.76. The minimum atomic E-state index is -0.836. The summed E-state index contributed by atoms with van der Waals surface area (Å²) in [6.07, 6.45) is 0.530. The van der Waals surface area contributed by atoms with E-state index in [4.69, 9.17) is 19.3 Å². The van der Waals surface area contributed by atoms with Crippen molar-refractivity contribution >= 4 is 5.97 Å². The van der Waals surface area contributed by atoms with Crippen molar-refractivity contribution in [1.82, 2.24) is 0 Å². The fraction of sp³-hybridized carbons (Fsp3) is 0.500. The fourth-order valence-corrected chi connectivity index (χ4v) is 1.81. The second kappa shape index (κ2) is 7.63. The highest BCUT2D eigenvalue weighted by Crippen LogP contribution is 2.32. The maximum Gasteiger partial charge on any atom is 0.310 e. The molecule has 0 radical (unpaired) electrons. The molecule has 0 spiro atoms. The topological polar surface area (TPSA) is 65.0 Å². The van der Waals surface area contributed by atoms with Gasteiger partial charge in [0.15, 0.2) is 11.5 Å². The first-order valence-corrected chi connectivity index (χ1v) is 6.16. The van der Waals surface area contributed by atoms with Crippen molar-refractivity contribution in [2.24, 2.45) is 0 Å². The van der Waals surface area contributed by atoms with Gasteiger partial charge in [0.2, 0.25) is 0 Å². The van der Waals surface area contributed by atoms with E-state index in [0.717, 1.165) is 0 Å². The molecule has 1 aromatic rings. The fourth-order valence-electron chi connectivity index (χ4n) is 1.81. The highest BCUT2D eigenvalue weighted by atomic mass is 16.5. The van der Waals surface area contributed by atoms with Gasteiger partial charge in [0.05, 0.1) is 19.6 Å². The summed E-state index contributed by atoms with van der Waals surface area (Å²) in [5.41, 5.74) is 0.714. The lowest BCUT2D eigenvalue weighted by atomic mass is 9.96. The van der Waals surface area contributed by atoms with Gasteiger partial charge in [0.25, 0.3) is 0 Å². The summed E-state index contributed by atoms with van der Waals surface area (Å²) in [5, 5.41) is 9.14. The minimum Gasteiger partial charge on any atom is -0.493 e. The van der Waals surface area contributed by atoms with Crippen molar-refractivity contribution in [2.45, 2.75) is 19.3 Å². The molecule has 0 heterocycles. The molecule has 5 heteroatoms. The number of carbonyl (C=O) groups is 1. The Kier molecular flexibility index (Phi) is 6.15. The quantitative estimate of drug-likeness (QED) is 0.733. The smallest absolute Gasteiger partial charge is 0.310 e. The molecule has 19 heavy (non-hydrogen) atoms. The van der Waals surface area contributed by atoms with Crippen molar-refractivity contribution in [2.75, 3.05) is 27.4 Å². The summed E-state index contributed by atoms with van der Waals surface area (Å²) in [6, 6.07) is 5.20. The Morgan fingerprint density at radius 1 is 1.26 bits per heavy atom. The normalized spacial score (nSPS) is 11.9. The molecule has 0 saturated heterocycles. The van der Waals surface area contributed by atoms with Crippen LogP contribution in [0.5, 0.6) is 11.5 Å². The van der Waals surface area contributed by atoms with Crippen LogP contribution < -0.4 is 9.47 Å². The van der Waals surface area contributed by atoms with Gasteiger partial charge in [-0.15, -0.1) is 0 Å². The van der Waals surface area contributed by atoms with Crippen LogP contribution in [0, 0.1) is 0 Å². The van der Waals surface area contributed by atoms with Gasteiger partial charge in [0, 0.05) is 7.11 Å². The third kappa shape index (κ3) is 4.13. The van der Waals surface area contributed by atoms with Crippen LogP contribution in [0.2, 0.25) is 0 Å². The maximum atomic E-state index is 11.1. The predicted molar refractivity (Wildman–Crippen MR) is 71.0 cm³/mol. The third-order valence-corrected chi connectivity index (χ3v) is 2.84. The van der Waals surface area contributed by atoms with Gasteiger partial charge < -0.3 is 19.3 Å². The number of methoxy groups -OCH3 is 2. The summed E-state index contributed by atoms with van der Waals surface area (Å²) in [6.45, 7) is 2.74. The van der Waals surface area contributed by atoms with E-state index in [2.05, 4.69) is 0 Å². The standard InChI is InChI=1S/C14H20O5/c1-4-11(14(15)16)10-5-6-12(13(9-10)18-3)19-8-7-17-2/h5-6,9,11H,4,7-8H2,1-3H3,(H,15,16). The number of hydrogen-bond donors (Lipinski definition) is 1. The molecule has 0 bridgehead atoms. The molecule has 1 unspecified atom stereocenters. The van der Waals surface area contributed by atoms with E-state index >= 15 is 0 Å². The lowest BCUT2D eigenvalue weighted by Gasteiger charge is -2.15. The second-order valence-electron chi connectivity index (χ2n) is 4.05. The van der Waals surface area contributed by atoms with E-state index in [9.17, 15) is 4.79 Å². The van der Waals surface area contributed by atoms with Crippen molar-refractivity contribution in [3.8, 4) is 11.5 Å². The average Bonchev–Trinajstić information content (AvgIpc) is 2.40. The van der Waals surface area contributed by atoms with E-state index in [0.29, 0.717) is 36.7 Å². The SMILES string of the molecule is CCC(C(=O)O)c1ccc(OCCOC)c(OC)c1. The van der Waals surface area contributed by atoms with Crippen molar-refractivity contribution in [3.63, 3.8) is 0 Å². The number of benzene rings is 1. The zero-order valence-corrected chi connectivity index (χ0v) is 11.5. The van der Waals surface area contributed by atoms with Crippen LogP contribution in [0.15, 0.2) is 18.2 Å². The zero-order valence-electron chi connectivity index (χ0n) is 11.5. The Hall–Kier alpha value is -1.75. The number of carboxylic acids is 1. The van der Waals surface area contributed by atoms with Crippen LogP contribution in [-0.2, 0) is 9.53 Å². The molecular formula is C14H20O5. The summed E-state index contributed by atoms with van der Waals surface area (Å²) < 4.78 is 15.6. The maximum absolute atomic E-state index is 11.1. The van der Waals surface area contributed by atoms with Crippen molar-refractivity contribution < 1.29 is 24.1 Å². The number of hydrogen-bond acceptors (Lipinski definition) is 4. The Bertz CT molecular complexity index is 416. The Balaban J connectivity index is 2.91. The predicted octanol–water partition coefficient (Wildman–Crippen LogP) is 2.30. The number of rotatable bonds is 8. The summed E-state index contributed by atoms with van der Waals surface area (Å²) in [7, 11) is 3.13. The molecule has 0 aliphatic heterocycles. The first kappa shape index (κ1) is 15.3. The van der Waals surface area contributed by atoms with E-state index in [1.54, 1.807) is 25.3 Å². The van der Waals surface area contributed by atoms with Crippen molar-refractivity contribution in [1.29, 1.82) is 0 Å². The monoisotopic (exact) mass is 268 g/mol. The van der Waals surface area contributed by atoms with E-state index < -0.39 is 11.9 Å². The third-order valence-electron chi connectivity index (χ3n) is 2.84. The van der Waals surface area contributed by atoms with Gasteiger partial charge in [-0.3, -0.25) is 4.79 Å². The summed E-state index contributed by atoms with van der Waals surface area (Å²) in [5.74, 6) is -0.239. The van der Waals surface area contributed by atoms with Crippen LogP contribution in [0.1, 0.15) is 24.8 Å². The first-order chi connectivity index (χ1) is 9.13. The van der Waals surface area contributed by atoms with E-state index in [-0.39, 0.29) is 0 Å². The lowest BCUT2D eigenvalue weighted by molar-refractivity contribution is -0.138. The average molecular weight is 268 g/mol. The molecule has 0 aliphatic carbocycles. The van der Waals surface area contributed by atoms with Gasteiger partial charge in [0.1, 0.15) is 6.61 Å². The highest BCUT2D eigenvalue weighted by Gasteiger charge is 2.19. The van der Waals surface area contributed by atoms with Crippen LogP contribution in [0.3, 0.4) is 0 Å². The molecule has 0 fully saturated rings. The molecule has 0 aliphatic rings. The Morgan fingerprint density at radius 2 is 2.00 bits per heavy atom. The molecule has 1 N–H and O–H groups in total. The first-order valence-electron chi connectivity index (χ1n) is 6.16. The Morgan fingerprint density at radius 3 is 2.53 bits per heavy atom.